The Morgan fingerprint density at radius 1 is 1.22 bits per heavy atom. The Hall–Kier alpha value is 0.250. The summed E-state index contributed by atoms with van der Waals surface area (Å²) in [5.41, 5.74) is 5.93. The van der Waals surface area contributed by atoms with Gasteiger partial charge in [0.2, 0.25) is 0 Å². The molecule has 0 saturated carbocycles. The van der Waals surface area contributed by atoms with Crippen molar-refractivity contribution in [3.63, 3.8) is 0 Å². The molecular formula is C7H18ClN. The van der Waals surface area contributed by atoms with Crippen molar-refractivity contribution < 1.29 is 0 Å². The average molecular weight is 152 g/mol. The molecule has 0 saturated heterocycles. The number of rotatable bonds is 3. The first-order chi connectivity index (χ1) is 3.68. The fourth-order valence-electron chi connectivity index (χ4n) is 0.539. The molecule has 0 aliphatic heterocycles. The lowest BCUT2D eigenvalue weighted by molar-refractivity contribution is 0.310. The average Bonchev–Trinajstić information content (AvgIpc) is 1.87. The van der Waals surface area contributed by atoms with Crippen molar-refractivity contribution >= 4 is 12.4 Å². The summed E-state index contributed by atoms with van der Waals surface area (Å²) in [7, 11) is 0. The first-order valence-electron chi connectivity index (χ1n) is 3.38. The van der Waals surface area contributed by atoms with Crippen LogP contribution in [-0.4, -0.2) is 6.54 Å². The van der Waals surface area contributed by atoms with Crippen molar-refractivity contribution in [2.75, 3.05) is 6.54 Å². The van der Waals surface area contributed by atoms with E-state index < -0.39 is 0 Å². The number of hydrogen-bond donors (Lipinski definition) is 1. The lowest BCUT2D eigenvalue weighted by Gasteiger charge is -2.23. The minimum absolute atomic E-state index is 0. The molecule has 2 N–H and O–H groups in total. The highest BCUT2D eigenvalue weighted by Gasteiger charge is 2.15. The van der Waals surface area contributed by atoms with Crippen LogP contribution in [0.5, 0.6) is 0 Å². The van der Waals surface area contributed by atoms with E-state index in [0.29, 0.717) is 5.41 Å². The van der Waals surface area contributed by atoms with Crippen molar-refractivity contribution in [1.29, 1.82) is 0 Å². The maximum Gasteiger partial charge on any atom is -0.00234 e. The van der Waals surface area contributed by atoms with E-state index in [1.54, 1.807) is 0 Å². The largest absolute Gasteiger partial charge is 0.330 e. The van der Waals surface area contributed by atoms with Crippen LogP contribution in [0.3, 0.4) is 0 Å². The van der Waals surface area contributed by atoms with Gasteiger partial charge in [0.25, 0.3) is 0 Å². The van der Waals surface area contributed by atoms with Crippen LogP contribution < -0.4 is 5.73 Å². The number of halogens is 1. The lowest BCUT2D eigenvalue weighted by Crippen LogP contribution is -2.25. The molecule has 0 bridgehead atoms. The second kappa shape index (κ2) is 5.07. The summed E-state index contributed by atoms with van der Waals surface area (Å²) in [6.45, 7) is 7.43. The van der Waals surface area contributed by atoms with Crippen LogP contribution >= 0.6 is 12.4 Å². The summed E-state index contributed by atoms with van der Waals surface area (Å²) in [5, 5.41) is 0. The van der Waals surface area contributed by atoms with Gasteiger partial charge in [-0.05, 0) is 24.8 Å². The molecule has 0 unspecified atom stereocenters. The third-order valence-corrected chi connectivity index (χ3v) is 2.20. The Kier molecular flexibility index (Phi) is 6.74. The minimum atomic E-state index is 0. The van der Waals surface area contributed by atoms with Crippen LogP contribution in [0.15, 0.2) is 0 Å². The van der Waals surface area contributed by atoms with E-state index in [-0.39, 0.29) is 12.4 Å². The van der Waals surface area contributed by atoms with Gasteiger partial charge in [0.15, 0.2) is 0 Å². The summed E-state index contributed by atoms with van der Waals surface area (Å²) in [6, 6.07) is 0. The standard InChI is InChI=1S/C7H17N.ClH/c1-4-7(3,5-2)6-8;/h4-6,8H2,1-3H3;1H. The molecule has 58 valence electrons. The van der Waals surface area contributed by atoms with E-state index >= 15 is 0 Å². The third-order valence-electron chi connectivity index (χ3n) is 2.20. The van der Waals surface area contributed by atoms with Crippen molar-refractivity contribution in [3.8, 4) is 0 Å². The van der Waals surface area contributed by atoms with Gasteiger partial charge in [-0.2, -0.15) is 0 Å². The zero-order valence-electron chi connectivity index (χ0n) is 6.61. The maximum absolute atomic E-state index is 5.53. The zero-order chi connectivity index (χ0) is 6.62. The Morgan fingerprint density at radius 2 is 1.56 bits per heavy atom. The molecule has 0 atom stereocenters. The highest BCUT2D eigenvalue weighted by atomic mass is 35.5. The summed E-state index contributed by atoms with van der Waals surface area (Å²) in [5.74, 6) is 0. The van der Waals surface area contributed by atoms with Gasteiger partial charge in [-0.15, -0.1) is 12.4 Å². The normalized spacial score (nSPS) is 10.7. The molecule has 2 heteroatoms. The first kappa shape index (κ1) is 12.0. The lowest BCUT2D eigenvalue weighted by atomic mass is 9.85. The topological polar surface area (TPSA) is 26.0 Å². The van der Waals surface area contributed by atoms with E-state index in [1.807, 2.05) is 0 Å². The van der Waals surface area contributed by atoms with E-state index in [2.05, 4.69) is 20.8 Å². The quantitative estimate of drug-likeness (QED) is 0.658. The Labute approximate surface area is 64.4 Å². The highest BCUT2D eigenvalue weighted by molar-refractivity contribution is 5.85. The summed E-state index contributed by atoms with van der Waals surface area (Å²) in [6.07, 6.45) is 2.39. The van der Waals surface area contributed by atoms with Crippen LogP contribution in [-0.2, 0) is 0 Å². The molecule has 0 aromatic rings. The van der Waals surface area contributed by atoms with Gasteiger partial charge in [0.05, 0.1) is 0 Å². The fourth-order valence-corrected chi connectivity index (χ4v) is 0.539. The van der Waals surface area contributed by atoms with Crippen LogP contribution in [0, 0.1) is 5.41 Å². The van der Waals surface area contributed by atoms with Crippen molar-refractivity contribution in [3.05, 3.63) is 0 Å². The third kappa shape index (κ3) is 3.77. The van der Waals surface area contributed by atoms with E-state index in [9.17, 15) is 0 Å². The van der Waals surface area contributed by atoms with Gasteiger partial charge in [-0.25, -0.2) is 0 Å². The SMILES string of the molecule is CCC(C)(CC)CN.Cl. The predicted octanol–water partition coefficient (Wildman–Crippen LogP) is 2.19. The first-order valence-corrected chi connectivity index (χ1v) is 3.38. The van der Waals surface area contributed by atoms with Crippen molar-refractivity contribution in [2.24, 2.45) is 11.1 Å². The van der Waals surface area contributed by atoms with Gasteiger partial charge < -0.3 is 5.73 Å². The van der Waals surface area contributed by atoms with Gasteiger partial charge in [-0.1, -0.05) is 20.8 Å². The van der Waals surface area contributed by atoms with Crippen molar-refractivity contribution in [1.82, 2.24) is 0 Å². The molecule has 0 amide bonds. The van der Waals surface area contributed by atoms with Crippen LogP contribution in [0.2, 0.25) is 0 Å². The maximum atomic E-state index is 5.53. The van der Waals surface area contributed by atoms with Gasteiger partial charge in [0, 0.05) is 0 Å². The van der Waals surface area contributed by atoms with E-state index in [4.69, 9.17) is 5.73 Å². The second-order valence-electron chi connectivity index (χ2n) is 2.72. The molecule has 0 fully saturated rings. The van der Waals surface area contributed by atoms with Gasteiger partial charge >= 0.3 is 0 Å². The Morgan fingerprint density at radius 3 is 1.56 bits per heavy atom. The molecule has 0 radical (unpaired) electrons. The monoisotopic (exact) mass is 151 g/mol. The summed E-state index contributed by atoms with van der Waals surface area (Å²) < 4.78 is 0. The highest BCUT2D eigenvalue weighted by Crippen LogP contribution is 2.22. The number of hydrogen-bond acceptors (Lipinski definition) is 1. The molecule has 0 heterocycles. The minimum Gasteiger partial charge on any atom is -0.330 e. The zero-order valence-corrected chi connectivity index (χ0v) is 7.42. The molecule has 0 aromatic heterocycles. The van der Waals surface area contributed by atoms with Gasteiger partial charge in [0.1, 0.15) is 0 Å². The molecule has 0 rings (SSSR count). The Bertz CT molecular complexity index is 51.7. The van der Waals surface area contributed by atoms with E-state index in [1.165, 1.54) is 12.8 Å². The summed E-state index contributed by atoms with van der Waals surface area (Å²) in [4.78, 5) is 0. The molecule has 0 aromatic carbocycles. The molecule has 1 nitrogen and oxygen atoms in total. The Balaban J connectivity index is 0. The summed E-state index contributed by atoms with van der Waals surface area (Å²) >= 11 is 0. The predicted molar refractivity (Wildman–Crippen MR) is 45.0 cm³/mol. The molecule has 0 spiro atoms. The van der Waals surface area contributed by atoms with Crippen LogP contribution in [0.25, 0.3) is 0 Å². The molecule has 0 aliphatic rings. The fraction of sp³-hybridized carbons (Fsp3) is 1.00. The smallest absolute Gasteiger partial charge is 0.00234 e. The van der Waals surface area contributed by atoms with Crippen LogP contribution in [0.1, 0.15) is 33.6 Å². The molecule has 0 aliphatic carbocycles. The molecular weight excluding hydrogens is 134 g/mol. The second-order valence-corrected chi connectivity index (χ2v) is 2.72. The number of nitrogens with two attached hydrogens (primary N) is 1. The van der Waals surface area contributed by atoms with E-state index in [0.717, 1.165) is 6.54 Å². The van der Waals surface area contributed by atoms with Crippen molar-refractivity contribution in [2.45, 2.75) is 33.6 Å². The van der Waals surface area contributed by atoms with Crippen LogP contribution in [0.4, 0.5) is 0 Å². The molecule has 9 heavy (non-hydrogen) atoms. The van der Waals surface area contributed by atoms with Gasteiger partial charge in [-0.3, -0.25) is 0 Å².